The number of amides is 1. The van der Waals surface area contributed by atoms with Crippen molar-refractivity contribution in [3.8, 4) is 11.3 Å². The van der Waals surface area contributed by atoms with Crippen molar-refractivity contribution in [1.82, 2.24) is 15.1 Å². The van der Waals surface area contributed by atoms with Crippen molar-refractivity contribution in [2.75, 3.05) is 13.2 Å². The number of hydrogen-bond acceptors (Lipinski definition) is 4. The molecule has 1 amide bonds. The van der Waals surface area contributed by atoms with Gasteiger partial charge in [-0.05, 0) is 23.6 Å². The van der Waals surface area contributed by atoms with E-state index in [0.717, 1.165) is 17.5 Å². The summed E-state index contributed by atoms with van der Waals surface area (Å²) in [7, 11) is 0. The first-order valence-corrected chi connectivity index (χ1v) is 8.83. The van der Waals surface area contributed by atoms with E-state index in [9.17, 15) is 9.59 Å². The Labute approximate surface area is 156 Å². The Morgan fingerprint density at radius 3 is 2.59 bits per heavy atom. The summed E-state index contributed by atoms with van der Waals surface area (Å²) in [6.45, 7) is 0.908. The largest absolute Gasteiger partial charge is 0.451 e. The Morgan fingerprint density at radius 1 is 1.04 bits per heavy atom. The number of aromatic amines is 1. The molecule has 2 heterocycles. The van der Waals surface area contributed by atoms with Gasteiger partial charge in [0.05, 0.1) is 5.69 Å². The van der Waals surface area contributed by atoms with Gasteiger partial charge in [-0.1, -0.05) is 54.6 Å². The minimum absolute atomic E-state index is 0.194. The molecule has 1 aliphatic rings. The Balaban J connectivity index is 1.34. The number of aromatic nitrogens is 2. The highest BCUT2D eigenvalue weighted by atomic mass is 16.5. The molecule has 0 unspecified atom stereocenters. The van der Waals surface area contributed by atoms with E-state index in [1.165, 1.54) is 5.56 Å². The molecule has 0 atom stereocenters. The van der Waals surface area contributed by atoms with Gasteiger partial charge in [0.25, 0.3) is 5.91 Å². The van der Waals surface area contributed by atoms with E-state index in [1.54, 1.807) is 11.0 Å². The zero-order valence-corrected chi connectivity index (χ0v) is 14.7. The Morgan fingerprint density at radius 2 is 1.78 bits per heavy atom. The van der Waals surface area contributed by atoms with Gasteiger partial charge in [-0.15, -0.1) is 0 Å². The Kier molecular flexibility index (Phi) is 4.70. The number of fused-ring (bicyclic) bond motifs is 1. The van der Waals surface area contributed by atoms with Crippen molar-refractivity contribution >= 4 is 11.9 Å². The fraction of sp³-hybridized carbons (Fsp3) is 0.190. The molecule has 1 aromatic heterocycles. The Bertz CT molecular complexity index is 966. The third-order valence-electron chi connectivity index (χ3n) is 4.68. The van der Waals surface area contributed by atoms with E-state index in [0.29, 0.717) is 18.8 Å². The summed E-state index contributed by atoms with van der Waals surface area (Å²) in [6, 6.07) is 19.2. The number of H-pyrrole nitrogens is 1. The van der Waals surface area contributed by atoms with Gasteiger partial charge in [0, 0.05) is 18.7 Å². The Hall–Kier alpha value is -3.41. The lowest BCUT2D eigenvalue weighted by Gasteiger charge is -2.28. The van der Waals surface area contributed by atoms with Crippen molar-refractivity contribution in [2.24, 2.45) is 0 Å². The number of ether oxygens (including phenoxy) is 1. The molecule has 0 spiro atoms. The zero-order chi connectivity index (χ0) is 18.6. The third-order valence-corrected chi connectivity index (χ3v) is 4.68. The van der Waals surface area contributed by atoms with Gasteiger partial charge in [0.1, 0.15) is 5.69 Å². The van der Waals surface area contributed by atoms with Crippen LogP contribution < -0.4 is 0 Å². The van der Waals surface area contributed by atoms with Crippen molar-refractivity contribution < 1.29 is 14.3 Å². The van der Waals surface area contributed by atoms with Crippen LogP contribution in [0, 0.1) is 0 Å². The van der Waals surface area contributed by atoms with Crippen LogP contribution in [0.5, 0.6) is 0 Å². The predicted octanol–water partition coefficient (Wildman–Crippen LogP) is 2.82. The third kappa shape index (κ3) is 3.74. The zero-order valence-electron chi connectivity index (χ0n) is 14.7. The average molecular weight is 361 g/mol. The summed E-state index contributed by atoms with van der Waals surface area (Å²) in [5, 5.41) is 6.80. The maximum Gasteiger partial charge on any atom is 0.356 e. The number of hydrogen-bond donors (Lipinski definition) is 1. The monoisotopic (exact) mass is 361 g/mol. The van der Waals surface area contributed by atoms with Crippen LogP contribution in [0.3, 0.4) is 0 Å². The van der Waals surface area contributed by atoms with Gasteiger partial charge >= 0.3 is 5.97 Å². The topological polar surface area (TPSA) is 75.3 Å². The summed E-state index contributed by atoms with van der Waals surface area (Å²) >= 11 is 0. The number of esters is 1. The van der Waals surface area contributed by atoms with Crippen molar-refractivity contribution in [2.45, 2.75) is 13.0 Å². The van der Waals surface area contributed by atoms with Gasteiger partial charge in [-0.3, -0.25) is 9.89 Å². The van der Waals surface area contributed by atoms with E-state index in [-0.39, 0.29) is 18.2 Å². The van der Waals surface area contributed by atoms with E-state index in [2.05, 4.69) is 16.3 Å². The molecular weight excluding hydrogens is 342 g/mol. The second-order valence-electron chi connectivity index (χ2n) is 6.44. The molecule has 0 radical (unpaired) electrons. The molecule has 2 aromatic carbocycles. The number of nitrogens with one attached hydrogen (secondary N) is 1. The lowest BCUT2D eigenvalue weighted by Crippen LogP contribution is -2.38. The lowest BCUT2D eigenvalue weighted by atomic mass is 10.00. The molecule has 6 nitrogen and oxygen atoms in total. The molecule has 1 aliphatic heterocycles. The lowest BCUT2D eigenvalue weighted by molar-refractivity contribution is -0.135. The summed E-state index contributed by atoms with van der Waals surface area (Å²) in [5.41, 5.74) is 4.19. The molecule has 4 rings (SSSR count). The quantitative estimate of drug-likeness (QED) is 0.725. The molecule has 0 aliphatic carbocycles. The summed E-state index contributed by atoms with van der Waals surface area (Å²) in [6.07, 6.45) is 0.816. The molecule has 6 heteroatoms. The number of benzene rings is 2. The fourth-order valence-corrected chi connectivity index (χ4v) is 3.19. The predicted molar refractivity (Wildman–Crippen MR) is 99.9 cm³/mol. The fourth-order valence-electron chi connectivity index (χ4n) is 3.19. The van der Waals surface area contributed by atoms with E-state index in [1.807, 2.05) is 48.5 Å². The molecule has 3 aromatic rings. The highest BCUT2D eigenvalue weighted by Gasteiger charge is 2.22. The summed E-state index contributed by atoms with van der Waals surface area (Å²) < 4.78 is 5.18. The highest BCUT2D eigenvalue weighted by molar-refractivity contribution is 5.90. The summed E-state index contributed by atoms with van der Waals surface area (Å²) in [5.74, 6) is -0.781. The van der Waals surface area contributed by atoms with Crippen LogP contribution in [0.25, 0.3) is 11.3 Å². The molecule has 27 heavy (non-hydrogen) atoms. The normalized spacial score (nSPS) is 13.1. The van der Waals surface area contributed by atoms with Crippen LogP contribution in [-0.2, 0) is 22.5 Å². The first kappa shape index (κ1) is 17.0. The molecule has 1 N–H and O–H groups in total. The minimum Gasteiger partial charge on any atom is -0.451 e. The molecule has 0 bridgehead atoms. The number of rotatable bonds is 4. The SMILES string of the molecule is O=C(OCC(=O)N1CCc2ccccc2C1)c1cc(-c2ccccc2)n[nH]1. The van der Waals surface area contributed by atoms with Crippen LogP contribution in [0.15, 0.2) is 60.7 Å². The summed E-state index contributed by atoms with van der Waals surface area (Å²) in [4.78, 5) is 26.3. The van der Waals surface area contributed by atoms with Gasteiger partial charge in [-0.25, -0.2) is 4.79 Å². The first-order valence-electron chi connectivity index (χ1n) is 8.83. The average Bonchev–Trinajstić information content (AvgIpc) is 3.22. The maximum absolute atomic E-state index is 12.4. The molecule has 136 valence electrons. The highest BCUT2D eigenvalue weighted by Crippen LogP contribution is 2.19. The van der Waals surface area contributed by atoms with Gasteiger partial charge in [0.2, 0.25) is 0 Å². The van der Waals surface area contributed by atoms with Crippen LogP contribution in [0.2, 0.25) is 0 Å². The van der Waals surface area contributed by atoms with Gasteiger partial charge in [0.15, 0.2) is 6.61 Å². The van der Waals surface area contributed by atoms with Crippen molar-refractivity contribution in [1.29, 1.82) is 0 Å². The molecule has 0 fully saturated rings. The van der Waals surface area contributed by atoms with Crippen LogP contribution >= 0.6 is 0 Å². The standard InChI is InChI=1S/C21H19N3O3/c25-20(24-11-10-15-6-4-5-9-17(15)13-24)14-27-21(26)19-12-18(22-23-19)16-7-2-1-3-8-16/h1-9,12H,10-11,13-14H2,(H,22,23). The second-order valence-corrected chi connectivity index (χ2v) is 6.44. The van der Waals surface area contributed by atoms with Crippen molar-refractivity contribution in [3.05, 3.63) is 77.5 Å². The number of carbonyl (C=O) groups is 2. The smallest absolute Gasteiger partial charge is 0.356 e. The molecule has 0 saturated heterocycles. The second kappa shape index (κ2) is 7.45. The van der Waals surface area contributed by atoms with Crippen LogP contribution in [-0.4, -0.2) is 40.1 Å². The van der Waals surface area contributed by atoms with E-state index >= 15 is 0 Å². The first-order chi connectivity index (χ1) is 13.2. The van der Waals surface area contributed by atoms with E-state index in [4.69, 9.17) is 4.74 Å². The number of nitrogens with zero attached hydrogens (tertiary/aromatic N) is 2. The minimum atomic E-state index is -0.588. The van der Waals surface area contributed by atoms with Gasteiger partial charge < -0.3 is 9.64 Å². The van der Waals surface area contributed by atoms with E-state index < -0.39 is 5.97 Å². The number of carbonyl (C=O) groups excluding carboxylic acids is 2. The van der Waals surface area contributed by atoms with Crippen LogP contribution in [0.4, 0.5) is 0 Å². The van der Waals surface area contributed by atoms with Crippen LogP contribution in [0.1, 0.15) is 21.6 Å². The molecular formula is C21H19N3O3. The molecule has 0 saturated carbocycles. The van der Waals surface area contributed by atoms with Gasteiger partial charge in [-0.2, -0.15) is 5.10 Å². The maximum atomic E-state index is 12.4. The van der Waals surface area contributed by atoms with Crippen molar-refractivity contribution in [3.63, 3.8) is 0 Å².